The molecule has 22 heavy (non-hydrogen) atoms. The fourth-order valence-electron chi connectivity index (χ4n) is 2.50. The Hall–Kier alpha value is -1.26. The Balaban J connectivity index is 1.92. The van der Waals surface area contributed by atoms with E-state index in [4.69, 9.17) is 28.3 Å². The molecule has 0 spiro atoms. The van der Waals surface area contributed by atoms with Crippen molar-refractivity contribution in [3.8, 4) is 0 Å². The molecule has 1 aliphatic carbocycles. The van der Waals surface area contributed by atoms with Crippen molar-refractivity contribution in [2.75, 3.05) is 0 Å². The van der Waals surface area contributed by atoms with Crippen LogP contribution in [-0.4, -0.2) is 22.5 Å². The number of benzene rings is 1. The highest BCUT2D eigenvalue weighted by Gasteiger charge is 2.45. The predicted octanol–water partition coefficient (Wildman–Crippen LogP) is 3.86. The molecule has 2 atom stereocenters. The Morgan fingerprint density at radius 2 is 2.00 bits per heavy atom. The first kappa shape index (κ1) is 17.1. The van der Waals surface area contributed by atoms with Crippen molar-refractivity contribution in [3.05, 3.63) is 33.8 Å². The molecule has 1 aromatic rings. The number of carbonyl (C=O) groups excluding carboxylic acids is 1. The molecular weight excluding hydrogens is 325 g/mol. The number of carboxylic acids is 1. The summed E-state index contributed by atoms with van der Waals surface area (Å²) in [7, 11) is 0. The van der Waals surface area contributed by atoms with Crippen LogP contribution < -0.4 is 5.32 Å². The third kappa shape index (κ3) is 4.37. The van der Waals surface area contributed by atoms with Crippen LogP contribution >= 0.6 is 23.2 Å². The van der Waals surface area contributed by atoms with Gasteiger partial charge in [-0.15, -0.1) is 0 Å². The lowest BCUT2D eigenvalue weighted by atomic mass is 9.98. The number of rotatable bonds is 6. The average Bonchev–Trinajstić information content (AvgIpc) is 3.20. The van der Waals surface area contributed by atoms with Crippen molar-refractivity contribution in [3.63, 3.8) is 0 Å². The summed E-state index contributed by atoms with van der Waals surface area (Å²) in [6.45, 7) is 3.68. The lowest BCUT2D eigenvalue weighted by molar-refractivity contribution is -0.138. The van der Waals surface area contributed by atoms with Gasteiger partial charge in [0.25, 0.3) is 0 Å². The first-order chi connectivity index (χ1) is 10.2. The van der Waals surface area contributed by atoms with Gasteiger partial charge in [0.1, 0.15) is 0 Å². The molecular formula is C16H19Cl2NO3. The van der Waals surface area contributed by atoms with Gasteiger partial charge in [-0.3, -0.25) is 9.59 Å². The largest absolute Gasteiger partial charge is 0.481 e. The lowest BCUT2D eigenvalue weighted by Gasteiger charge is -2.25. The quantitative estimate of drug-likeness (QED) is 0.824. The minimum Gasteiger partial charge on any atom is -0.481 e. The summed E-state index contributed by atoms with van der Waals surface area (Å²) in [6.07, 6.45) is 1.21. The standard InChI is InChI=1S/C16H19Cl2NO3/c1-16(2,6-5-14(20)21)19-15(22)11-8-10(11)9-3-4-12(17)13(18)7-9/h3-4,7,10-11H,5-6,8H2,1-2H3,(H,19,22)(H,20,21). The van der Waals surface area contributed by atoms with Crippen LogP contribution in [0.2, 0.25) is 10.0 Å². The fraction of sp³-hybridized carbons (Fsp3) is 0.500. The number of aliphatic carboxylic acids is 1. The normalized spacial score (nSPS) is 20.5. The van der Waals surface area contributed by atoms with Gasteiger partial charge in [-0.2, -0.15) is 0 Å². The van der Waals surface area contributed by atoms with E-state index < -0.39 is 11.5 Å². The summed E-state index contributed by atoms with van der Waals surface area (Å²) < 4.78 is 0. The van der Waals surface area contributed by atoms with Crippen molar-refractivity contribution in [2.45, 2.75) is 44.6 Å². The van der Waals surface area contributed by atoms with Crippen LogP contribution in [0.25, 0.3) is 0 Å². The van der Waals surface area contributed by atoms with Gasteiger partial charge < -0.3 is 10.4 Å². The number of hydrogen-bond acceptors (Lipinski definition) is 2. The van der Waals surface area contributed by atoms with Crippen LogP contribution in [0, 0.1) is 5.92 Å². The van der Waals surface area contributed by atoms with Gasteiger partial charge in [0, 0.05) is 17.9 Å². The summed E-state index contributed by atoms with van der Waals surface area (Å²) in [5.41, 5.74) is 0.484. The molecule has 1 aromatic carbocycles. The van der Waals surface area contributed by atoms with E-state index in [1.807, 2.05) is 19.9 Å². The number of amides is 1. The van der Waals surface area contributed by atoms with Crippen LogP contribution in [0.3, 0.4) is 0 Å². The Morgan fingerprint density at radius 1 is 1.32 bits per heavy atom. The van der Waals surface area contributed by atoms with E-state index in [9.17, 15) is 9.59 Å². The van der Waals surface area contributed by atoms with Crippen molar-refractivity contribution >= 4 is 35.1 Å². The molecule has 0 bridgehead atoms. The number of hydrogen-bond donors (Lipinski definition) is 2. The van der Waals surface area contributed by atoms with Gasteiger partial charge in [0.2, 0.25) is 5.91 Å². The summed E-state index contributed by atoms with van der Waals surface area (Å²) in [5.74, 6) is -0.819. The fourth-order valence-corrected chi connectivity index (χ4v) is 2.81. The molecule has 1 amide bonds. The maximum Gasteiger partial charge on any atom is 0.303 e. The molecule has 2 N–H and O–H groups in total. The second-order valence-electron chi connectivity index (χ2n) is 6.39. The molecule has 1 saturated carbocycles. The Morgan fingerprint density at radius 3 is 2.59 bits per heavy atom. The number of nitrogens with one attached hydrogen (secondary N) is 1. The molecule has 0 heterocycles. The van der Waals surface area contributed by atoms with Crippen LogP contribution in [0.15, 0.2) is 18.2 Å². The highest BCUT2D eigenvalue weighted by atomic mass is 35.5. The van der Waals surface area contributed by atoms with Crippen LogP contribution in [-0.2, 0) is 9.59 Å². The van der Waals surface area contributed by atoms with E-state index in [0.717, 1.165) is 12.0 Å². The molecule has 1 fully saturated rings. The molecule has 2 unspecified atom stereocenters. The second kappa shape index (κ2) is 6.47. The van der Waals surface area contributed by atoms with Crippen molar-refractivity contribution in [2.24, 2.45) is 5.92 Å². The van der Waals surface area contributed by atoms with Crippen LogP contribution in [0.1, 0.15) is 44.6 Å². The van der Waals surface area contributed by atoms with Gasteiger partial charge in [0.05, 0.1) is 10.0 Å². The third-order valence-corrected chi connectivity index (χ3v) is 4.66. The molecule has 0 radical (unpaired) electrons. The first-order valence-electron chi connectivity index (χ1n) is 7.18. The molecule has 0 aliphatic heterocycles. The minimum absolute atomic E-state index is 0.0357. The van der Waals surface area contributed by atoms with Crippen molar-refractivity contribution in [1.82, 2.24) is 5.32 Å². The van der Waals surface area contributed by atoms with E-state index in [-0.39, 0.29) is 24.2 Å². The first-order valence-corrected chi connectivity index (χ1v) is 7.94. The van der Waals surface area contributed by atoms with E-state index in [0.29, 0.717) is 16.5 Å². The molecule has 120 valence electrons. The van der Waals surface area contributed by atoms with Gasteiger partial charge in [-0.05, 0) is 50.3 Å². The van der Waals surface area contributed by atoms with Gasteiger partial charge in [0.15, 0.2) is 0 Å². The van der Waals surface area contributed by atoms with E-state index in [1.54, 1.807) is 12.1 Å². The molecule has 0 saturated heterocycles. The molecule has 1 aliphatic rings. The molecule has 4 nitrogen and oxygen atoms in total. The second-order valence-corrected chi connectivity index (χ2v) is 7.20. The zero-order chi connectivity index (χ0) is 16.5. The zero-order valence-corrected chi connectivity index (χ0v) is 14.0. The Bertz CT molecular complexity index is 601. The smallest absolute Gasteiger partial charge is 0.303 e. The van der Waals surface area contributed by atoms with Gasteiger partial charge in [-0.1, -0.05) is 29.3 Å². The lowest BCUT2D eigenvalue weighted by Crippen LogP contribution is -2.44. The SMILES string of the molecule is CC(C)(CCC(=O)O)NC(=O)C1CC1c1ccc(Cl)c(Cl)c1. The summed E-state index contributed by atoms with van der Waals surface area (Å²) in [5, 5.41) is 12.7. The highest BCUT2D eigenvalue weighted by Crippen LogP contribution is 2.48. The van der Waals surface area contributed by atoms with Crippen molar-refractivity contribution < 1.29 is 14.7 Å². The third-order valence-electron chi connectivity index (χ3n) is 3.92. The van der Waals surface area contributed by atoms with E-state index in [2.05, 4.69) is 5.32 Å². The number of carbonyl (C=O) groups is 2. The summed E-state index contributed by atoms with van der Waals surface area (Å²) in [4.78, 5) is 22.9. The summed E-state index contributed by atoms with van der Waals surface area (Å²) >= 11 is 11.9. The summed E-state index contributed by atoms with van der Waals surface area (Å²) in [6, 6.07) is 5.43. The zero-order valence-electron chi connectivity index (χ0n) is 12.5. The monoisotopic (exact) mass is 343 g/mol. The number of halogens is 2. The van der Waals surface area contributed by atoms with E-state index >= 15 is 0 Å². The maximum atomic E-state index is 12.3. The molecule has 0 aromatic heterocycles. The average molecular weight is 344 g/mol. The van der Waals surface area contributed by atoms with Crippen LogP contribution in [0.4, 0.5) is 0 Å². The molecule has 6 heteroatoms. The Labute approximate surface area is 139 Å². The van der Waals surface area contributed by atoms with Gasteiger partial charge >= 0.3 is 5.97 Å². The van der Waals surface area contributed by atoms with Crippen LogP contribution in [0.5, 0.6) is 0 Å². The highest BCUT2D eigenvalue weighted by molar-refractivity contribution is 6.42. The maximum absolute atomic E-state index is 12.3. The molecule has 2 rings (SSSR count). The minimum atomic E-state index is -0.859. The van der Waals surface area contributed by atoms with Gasteiger partial charge in [-0.25, -0.2) is 0 Å². The Kier molecular flexibility index (Phi) is 5.03. The van der Waals surface area contributed by atoms with Crippen molar-refractivity contribution in [1.29, 1.82) is 0 Å². The van der Waals surface area contributed by atoms with E-state index in [1.165, 1.54) is 0 Å². The topological polar surface area (TPSA) is 66.4 Å². The number of carboxylic acid groups (broad SMARTS) is 1. The predicted molar refractivity (Wildman–Crippen MR) is 86.4 cm³/mol.